The van der Waals surface area contributed by atoms with Gasteiger partial charge < -0.3 is 5.11 Å². The van der Waals surface area contributed by atoms with Gasteiger partial charge in [0.05, 0.1) is 0 Å². The number of allylic oxidation sites excluding steroid dienone is 2. The number of sulfone groups is 1. The first-order chi connectivity index (χ1) is 5.66. The topological polar surface area (TPSA) is 71.4 Å². The van der Waals surface area contributed by atoms with Crippen molar-refractivity contribution in [2.45, 2.75) is 6.18 Å². The fourth-order valence-corrected chi connectivity index (χ4v) is 2.28. The molecule has 1 rings (SSSR count). The highest BCUT2D eigenvalue weighted by molar-refractivity contribution is 7.96. The summed E-state index contributed by atoms with van der Waals surface area (Å²) >= 11 is 0. The first kappa shape index (κ1) is 10.0. The Morgan fingerprint density at radius 2 is 1.77 bits per heavy atom. The molecule has 0 saturated carbocycles. The normalized spacial score (nSPS) is 22.5. The van der Waals surface area contributed by atoms with E-state index in [1.807, 2.05) is 0 Å². The molecule has 1 heterocycles. The van der Waals surface area contributed by atoms with Crippen molar-refractivity contribution in [1.29, 1.82) is 0 Å². The fourth-order valence-electron chi connectivity index (χ4n) is 0.898. The molecule has 1 N–H and O–H groups in total. The Kier molecular flexibility index (Phi) is 1.91. The average molecular weight is 216 g/mol. The van der Waals surface area contributed by atoms with Gasteiger partial charge in [-0.2, -0.15) is 13.2 Å². The quantitative estimate of drug-likeness (QED) is 0.632. The highest BCUT2D eigenvalue weighted by atomic mass is 32.2. The first-order valence-corrected chi connectivity index (χ1v) is 4.58. The van der Waals surface area contributed by atoms with Gasteiger partial charge in [0.15, 0.2) is 20.5 Å². The number of Topliss-reactive ketones (excluding diaryl/α,β-unsaturated/α-hetero) is 1. The zero-order chi connectivity index (χ0) is 10.4. The summed E-state index contributed by atoms with van der Waals surface area (Å²) in [6.45, 7) is 0. The molecule has 0 aliphatic carbocycles. The van der Waals surface area contributed by atoms with Gasteiger partial charge in [0.25, 0.3) is 0 Å². The van der Waals surface area contributed by atoms with Gasteiger partial charge in [-0.3, -0.25) is 4.79 Å². The summed E-state index contributed by atoms with van der Waals surface area (Å²) in [7, 11) is -4.69. The lowest BCUT2D eigenvalue weighted by Gasteiger charge is -2.05. The molecule has 0 spiro atoms. The molecule has 0 bridgehead atoms. The minimum absolute atomic E-state index is 1.31. The molecular formula is C5H3F3O4S. The second kappa shape index (κ2) is 2.47. The van der Waals surface area contributed by atoms with Crippen LogP contribution in [-0.2, 0) is 14.6 Å². The Morgan fingerprint density at radius 3 is 1.92 bits per heavy atom. The van der Waals surface area contributed by atoms with Crippen LogP contribution in [0.1, 0.15) is 0 Å². The Labute approximate surface area is 70.6 Å². The third-order valence-electron chi connectivity index (χ3n) is 1.37. The number of hydrogen-bond donors (Lipinski definition) is 1. The van der Waals surface area contributed by atoms with Gasteiger partial charge in [-0.05, 0) is 0 Å². The van der Waals surface area contributed by atoms with E-state index in [9.17, 15) is 26.4 Å². The van der Waals surface area contributed by atoms with Gasteiger partial charge in [0.2, 0.25) is 5.78 Å². The largest absolute Gasteiger partial charge is 0.503 e. The molecule has 0 radical (unpaired) electrons. The zero-order valence-electron chi connectivity index (χ0n) is 5.92. The van der Waals surface area contributed by atoms with Crippen LogP contribution in [0.2, 0.25) is 0 Å². The van der Waals surface area contributed by atoms with Crippen molar-refractivity contribution in [3.8, 4) is 0 Å². The molecule has 0 atom stereocenters. The van der Waals surface area contributed by atoms with Crippen LogP contribution in [0, 0.1) is 0 Å². The Bertz CT molecular complexity index is 388. The predicted octanol–water partition coefficient (Wildman–Crippen LogP) is 0.316. The molecule has 0 aromatic carbocycles. The third-order valence-corrected chi connectivity index (χ3v) is 3.06. The molecule has 1 aliphatic heterocycles. The molecule has 74 valence electrons. The van der Waals surface area contributed by atoms with E-state index in [0.29, 0.717) is 0 Å². The van der Waals surface area contributed by atoms with E-state index in [1.165, 1.54) is 0 Å². The van der Waals surface area contributed by atoms with Crippen LogP contribution in [0.25, 0.3) is 0 Å². The molecule has 0 amide bonds. The monoisotopic (exact) mass is 216 g/mol. The molecule has 0 aromatic heterocycles. The van der Waals surface area contributed by atoms with E-state index >= 15 is 0 Å². The summed E-state index contributed by atoms with van der Waals surface area (Å²) in [6, 6.07) is 0. The standard InChI is InChI=1S/C5H3F3O4S/c6-5(7,8)4-3(10)2(9)1-13(4,11)12/h10H,1H2. The SMILES string of the molecule is O=C1CS(=O)(=O)C(C(F)(F)F)=C1O. The number of ketones is 1. The Morgan fingerprint density at radius 1 is 1.31 bits per heavy atom. The van der Waals surface area contributed by atoms with Gasteiger partial charge in [0, 0.05) is 0 Å². The minimum Gasteiger partial charge on any atom is -0.503 e. The number of carbonyl (C=O) groups is 1. The lowest BCUT2D eigenvalue weighted by molar-refractivity contribution is -0.116. The Balaban J connectivity index is 3.43. The summed E-state index contributed by atoms with van der Waals surface area (Å²) < 4.78 is 57.1. The molecule has 8 heteroatoms. The molecule has 13 heavy (non-hydrogen) atoms. The maximum atomic E-state index is 11.9. The predicted molar refractivity (Wildman–Crippen MR) is 34.5 cm³/mol. The van der Waals surface area contributed by atoms with Crippen LogP contribution in [0.3, 0.4) is 0 Å². The minimum atomic E-state index is -5.21. The van der Waals surface area contributed by atoms with E-state index in [0.717, 1.165) is 0 Å². The van der Waals surface area contributed by atoms with Crippen LogP contribution in [0.4, 0.5) is 13.2 Å². The van der Waals surface area contributed by atoms with Crippen LogP contribution in [0.15, 0.2) is 10.7 Å². The second-order valence-electron chi connectivity index (χ2n) is 2.36. The fraction of sp³-hybridized carbons (Fsp3) is 0.400. The molecular weight excluding hydrogens is 213 g/mol. The number of hydrogen-bond acceptors (Lipinski definition) is 4. The number of rotatable bonds is 0. The van der Waals surface area contributed by atoms with E-state index in [2.05, 4.69) is 0 Å². The van der Waals surface area contributed by atoms with Crippen LogP contribution in [-0.4, -0.2) is 31.2 Å². The van der Waals surface area contributed by atoms with Crippen molar-refractivity contribution in [3.63, 3.8) is 0 Å². The smallest absolute Gasteiger partial charge is 0.430 e. The second-order valence-corrected chi connectivity index (χ2v) is 4.28. The third kappa shape index (κ3) is 1.53. The van der Waals surface area contributed by atoms with Crippen molar-refractivity contribution < 1.29 is 31.5 Å². The van der Waals surface area contributed by atoms with Crippen molar-refractivity contribution >= 4 is 15.6 Å². The number of alkyl halides is 3. The lowest BCUT2D eigenvalue weighted by atomic mass is 10.3. The van der Waals surface area contributed by atoms with E-state index in [4.69, 9.17) is 5.11 Å². The molecule has 1 aliphatic rings. The Hall–Kier alpha value is -1.05. The molecule has 0 aromatic rings. The number of carbonyl (C=O) groups excluding carboxylic acids is 1. The van der Waals surface area contributed by atoms with E-state index in [1.54, 1.807) is 0 Å². The number of halogens is 3. The van der Waals surface area contributed by atoms with Gasteiger partial charge in [-0.1, -0.05) is 0 Å². The summed E-state index contributed by atoms with van der Waals surface area (Å²) in [4.78, 5) is 8.33. The van der Waals surface area contributed by atoms with E-state index < -0.39 is 38.2 Å². The van der Waals surface area contributed by atoms with Crippen LogP contribution in [0.5, 0.6) is 0 Å². The highest BCUT2D eigenvalue weighted by Gasteiger charge is 2.52. The molecule has 0 saturated heterocycles. The van der Waals surface area contributed by atoms with Gasteiger partial charge >= 0.3 is 6.18 Å². The first-order valence-electron chi connectivity index (χ1n) is 2.92. The van der Waals surface area contributed by atoms with Crippen LogP contribution < -0.4 is 0 Å². The molecule has 0 unspecified atom stereocenters. The maximum absolute atomic E-state index is 11.9. The van der Waals surface area contributed by atoms with Crippen molar-refractivity contribution in [2.24, 2.45) is 0 Å². The van der Waals surface area contributed by atoms with E-state index in [-0.39, 0.29) is 0 Å². The van der Waals surface area contributed by atoms with Crippen molar-refractivity contribution in [2.75, 3.05) is 5.75 Å². The van der Waals surface area contributed by atoms with Crippen molar-refractivity contribution in [1.82, 2.24) is 0 Å². The summed E-state index contributed by atoms with van der Waals surface area (Å²) in [5, 5.41) is 8.56. The summed E-state index contributed by atoms with van der Waals surface area (Å²) in [6.07, 6.45) is -5.21. The summed E-state index contributed by atoms with van der Waals surface area (Å²) in [5.74, 6) is -4.45. The number of aliphatic hydroxyl groups excluding tert-OH is 1. The molecule has 0 fully saturated rings. The van der Waals surface area contributed by atoms with Gasteiger partial charge in [0.1, 0.15) is 5.75 Å². The maximum Gasteiger partial charge on any atom is 0.430 e. The van der Waals surface area contributed by atoms with Gasteiger partial charge in [-0.15, -0.1) is 0 Å². The average Bonchev–Trinajstić information content (AvgIpc) is 1.99. The summed E-state index contributed by atoms with van der Waals surface area (Å²) in [5.41, 5.74) is 0. The zero-order valence-corrected chi connectivity index (χ0v) is 6.74. The highest BCUT2D eigenvalue weighted by Crippen LogP contribution is 2.36. The lowest BCUT2D eigenvalue weighted by Crippen LogP contribution is -2.19. The van der Waals surface area contributed by atoms with Gasteiger partial charge in [-0.25, -0.2) is 8.42 Å². The molecule has 4 nitrogen and oxygen atoms in total. The van der Waals surface area contributed by atoms with Crippen LogP contribution >= 0.6 is 0 Å². The van der Waals surface area contributed by atoms with Crippen molar-refractivity contribution in [3.05, 3.63) is 10.7 Å². The number of aliphatic hydroxyl groups is 1.